The van der Waals surface area contributed by atoms with Crippen molar-refractivity contribution in [1.82, 2.24) is 5.32 Å². The number of nitrogens with zero attached hydrogens (tertiary/aromatic N) is 2. The molecule has 2 rings (SSSR count). The molecule has 0 heterocycles. The maximum Gasteiger partial charge on any atom is 0.271 e. The van der Waals surface area contributed by atoms with Crippen LogP contribution in [-0.2, 0) is 21.4 Å². The highest BCUT2D eigenvalue weighted by molar-refractivity contribution is 7.92. The quantitative estimate of drug-likeness (QED) is 0.536. The standard InChI is InChI=1S/C19H23N3O5S/c1-4-18(19(23)20-13-15-9-6-5-8-14(15)2)21(28(3,26)27)16-10-7-11-17(12-16)22(24)25/h5-12,18H,4,13H2,1-3H3,(H,20,23). The van der Waals surface area contributed by atoms with E-state index in [0.717, 1.165) is 27.8 Å². The Morgan fingerprint density at radius 3 is 2.46 bits per heavy atom. The van der Waals surface area contributed by atoms with E-state index < -0.39 is 26.9 Å². The molecule has 0 bridgehead atoms. The molecule has 28 heavy (non-hydrogen) atoms. The second-order valence-electron chi connectivity index (χ2n) is 6.40. The molecule has 0 aliphatic carbocycles. The van der Waals surface area contributed by atoms with Crippen molar-refractivity contribution in [2.24, 2.45) is 0 Å². The molecule has 150 valence electrons. The lowest BCUT2D eigenvalue weighted by atomic mass is 10.1. The molecule has 0 aromatic heterocycles. The first-order chi connectivity index (χ1) is 13.1. The summed E-state index contributed by atoms with van der Waals surface area (Å²) < 4.78 is 25.8. The van der Waals surface area contributed by atoms with Crippen LogP contribution >= 0.6 is 0 Å². The van der Waals surface area contributed by atoms with Crippen molar-refractivity contribution in [2.45, 2.75) is 32.9 Å². The van der Waals surface area contributed by atoms with Gasteiger partial charge in [0.1, 0.15) is 6.04 Å². The number of nitrogens with one attached hydrogen (secondary N) is 1. The van der Waals surface area contributed by atoms with E-state index in [-0.39, 0.29) is 24.3 Å². The fraction of sp³-hybridized carbons (Fsp3) is 0.316. The van der Waals surface area contributed by atoms with Gasteiger partial charge in [0, 0.05) is 18.7 Å². The van der Waals surface area contributed by atoms with Crippen LogP contribution in [0.5, 0.6) is 0 Å². The van der Waals surface area contributed by atoms with Crippen molar-refractivity contribution >= 4 is 27.3 Å². The van der Waals surface area contributed by atoms with Crippen molar-refractivity contribution in [1.29, 1.82) is 0 Å². The maximum atomic E-state index is 12.8. The van der Waals surface area contributed by atoms with Gasteiger partial charge >= 0.3 is 0 Å². The van der Waals surface area contributed by atoms with Gasteiger partial charge in [-0.3, -0.25) is 19.2 Å². The van der Waals surface area contributed by atoms with E-state index in [9.17, 15) is 23.3 Å². The summed E-state index contributed by atoms with van der Waals surface area (Å²) in [6.45, 7) is 3.87. The topological polar surface area (TPSA) is 110 Å². The van der Waals surface area contributed by atoms with Crippen LogP contribution in [0.4, 0.5) is 11.4 Å². The number of carbonyl (C=O) groups excluding carboxylic acids is 1. The van der Waals surface area contributed by atoms with Gasteiger partial charge in [-0.1, -0.05) is 37.3 Å². The molecule has 1 N–H and O–H groups in total. The van der Waals surface area contributed by atoms with Gasteiger partial charge in [-0.25, -0.2) is 8.42 Å². The summed E-state index contributed by atoms with van der Waals surface area (Å²) in [4.78, 5) is 23.2. The number of hydrogen-bond donors (Lipinski definition) is 1. The molecule has 0 radical (unpaired) electrons. The minimum absolute atomic E-state index is 0.0783. The summed E-state index contributed by atoms with van der Waals surface area (Å²) in [5.74, 6) is -0.470. The summed E-state index contributed by atoms with van der Waals surface area (Å²) in [5, 5.41) is 13.8. The van der Waals surface area contributed by atoms with Crippen molar-refractivity contribution in [3.8, 4) is 0 Å². The molecule has 1 atom stereocenters. The first kappa shape index (κ1) is 21.4. The molecule has 0 aliphatic heterocycles. The number of anilines is 1. The molecular weight excluding hydrogens is 382 g/mol. The molecule has 2 aromatic rings. The number of carbonyl (C=O) groups is 1. The summed E-state index contributed by atoms with van der Waals surface area (Å²) >= 11 is 0. The van der Waals surface area contributed by atoms with Crippen LogP contribution in [0, 0.1) is 17.0 Å². The minimum atomic E-state index is -3.86. The number of rotatable bonds is 8. The van der Waals surface area contributed by atoms with Gasteiger partial charge in [0.25, 0.3) is 5.69 Å². The van der Waals surface area contributed by atoms with Crippen molar-refractivity contribution in [2.75, 3.05) is 10.6 Å². The zero-order chi connectivity index (χ0) is 20.9. The molecule has 8 nitrogen and oxygen atoms in total. The summed E-state index contributed by atoms with van der Waals surface area (Å²) in [7, 11) is -3.86. The van der Waals surface area contributed by atoms with Gasteiger partial charge < -0.3 is 5.32 Å². The molecule has 0 saturated heterocycles. The van der Waals surface area contributed by atoms with Crippen LogP contribution < -0.4 is 9.62 Å². The summed E-state index contributed by atoms with van der Waals surface area (Å²) in [6.07, 6.45) is 1.18. The zero-order valence-electron chi connectivity index (χ0n) is 16.0. The predicted molar refractivity (Wildman–Crippen MR) is 108 cm³/mol. The van der Waals surface area contributed by atoms with E-state index in [1.807, 2.05) is 31.2 Å². The minimum Gasteiger partial charge on any atom is -0.350 e. The Morgan fingerprint density at radius 2 is 1.89 bits per heavy atom. The van der Waals surface area contributed by atoms with Gasteiger partial charge in [0.2, 0.25) is 15.9 Å². The van der Waals surface area contributed by atoms with E-state index >= 15 is 0 Å². The molecule has 0 aliphatic rings. The number of benzene rings is 2. The van der Waals surface area contributed by atoms with Gasteiger partial charge in [0.05, 0.1) is 16.9 Å². The highest BCUT2D eigenvalue weighted by Gasteiger charge is 2.32. The lowest BCUT2D eigenvalue weighted by molar-refractivity contribution is -0.384. The van der Waals surface area contributed by atoms with Crippen LogP contribution in [-0.4, -0.2) is 31.5 Å². The maximum absolute atomic E-state index is 12.8. The average Bonchev–Trinajstić information content (AvgIpc) is 2.64. The molecule has 9 heteroatoms. The Balaban J connectivity index is 2.33. The van der Waals surface area contributed by atoms with Crippen LogP contribution in [0.1, 0.15) is 24.5 Å². The number of hydrogen-bond acceptors (Lipinski definition) is 5. The van der Waals surface area contributed by atoms with Crippen LogP contribution in [0.3, 0.4) is 0 Å². The second-order valence-corrected chi connectivity index (χ2v) is 8.26. The zero-order valence-corrected chi connectivity index (χ0v) is 16.8. The highest BCUT2D eigenvalue weighted by atomic mass is 32.2. The monoisotopic (exact) mass is 405 g/mol. The van der Waals surface area contributed by atoms with E-state index in [1.54, 1.807) is 6.92 Å². The van der Waals surface area contributed by atoms with Crippen LogP contribution in [0.2, 0.25) is 0 Å². The fourth-order valence-electron chi connectivity index (χ4n) is 2.91. The Bertz CT molecular complexity index is 975. The Hall–Kier alpha value is -2.94. The van der Waals surface area contributed by atoms with Crippen molar-refractivity contribution in [3.05, 3.63) is 69.8 Å². The van der Waals surface area contributed by atoms with Gasteiger partial charge in [-0.05, 0) is 30.5 Å². The van der Waals surface area contributed by atoms with Crippen LogP contribution in [0.25, 0.3) is 0 Å². The number of nitro groups is 1. The van der Waals surface area contributed by atoms with Gasteiger partial charge in [0.15, 0.2) is 0 Å². The molecule has 0 saturated carbocycles. The third kappa shape index (κ3) is 5.07. The third-order valence-electron chi connectivity index (χ3n) is 4.34. The lowest BCUT2D eigenvalue weighted by Gasteiger charge is -2.30. The molecule has 0 spiro atoms. The van der Waals surface area contributed by atoms with Crippen molar-refractivity contribution < 1.29 is 18.1 Å². The normalized spacial score (nSPS) is 12.2. The number of non-ortho nitro benzene ring substituents is 1. The molecule has 1 amide bonds. The molecule has 2 aromatic carbocycles. The number of nitro benzene ring substituents is 1. The first-order valence-corrected chi connectivity index (χ1v) is 10.6. The number of sulfonamides is 1. The van der Waals surface area contributed by atoms with E-state index in [1.165, 1.54) is 18.2 Å². The lowest BCUT2D eigenvalue weighted by Crippen LogP contribution is -2.49. The SMILES string of the molecule is CCC(C(=O)NCc1ccccc1C)N(c1cccc([N+](=O)[O-])c1)S(C)(=O)=O. The van der Waals surface area contributed by atoms with Crippen molar-refractivity contribution in [3.63, 3.8) is 0 Å². The summed E-state index contributed by atoms with van der Waals surface area (Å²) in [5.41, 5.74) is 1.76. The summed E-state index contributed by atoms with van der Waals surface area (Å²) in [6, 6.07) is 11.8. The largest absolute Gasteiger partial charge is 0.350 e. The average molecular weight is 405 g/mol. The van der Waals surface area contributed by atoms with E-state index in [2.05, 4.69) is 5.32 Å². The number of amides is 1. The number of aryl methyl sites for hydroxylation is 1. The van der Waals surface area contributed by atoms with E-state index in [4.69, 9.17) is 0 Å². The van der Waals surface area contributed by atoms with Crippen LogP contribution in [0.15, 0.2) is 48.5 Å². The van der Waals surface area contributed by atoms with E-state index in [0.29, 0.717) is 0 Å². The highest BCUT2D eigenvalue weighted by Crippen LogP contribution is 2.26. The Kier molecular flexibility index (Phi) is 6.74. The smallest absolute Gasteiger partial charge is 0.271 e. The third-order valence-corrected chi connectivity index (χ3v) is 5.52. The fourth-order valence-corrected chi connectivity index (χ4v) is 4.12. The van der Waals surface area contributed by atoms with Gasteiger partial charge in [-0.15, -0.1) is 0 Å². The second kappa shape index (κ2) is 8.83. The predicted octanol–water partition coefficient (Wildman–Crippen LogP) is 2.76. The Morgan fingerprint density at radius 1 is 1.21 bits per heavy atom. The molecule has 0 fully saturated rings. The Labute approximate surface area is 164 Å². The molecule has 1 unspecified atom stereocenters. The first-order valence-electron chi connectivity index (χ1n) is 8.71. The van der Waals surface area contributed by atoms with Gasteiger partial charge in [-0.2, -0.15) is 0 Å². The molecular formula is C19H23N3O5S.